The van der Waals surface area contributed by atoms with Gasteiger partial charge in [0.1, 0.15) is 0 Å². The quantitative estimate of drug-likeness (QED) is 0.759. The zero-order chi connectivity index (χ0) is 9.84. The van der Waals surface area contributed by atoms with Gasteiger partial charge >= 0.3 is 0 Å². The lowest BCUT2D eigenvalue weighted by atomic mass is 10.3. The molecule has 1 heterocycles. The molecule has 0 bridgehead atoms. The minimum atomic E-state index is -0.450. The van der Waals surface area contributed by atoms with E-state index in [4.69, 9.17) is 11.6 Å². The van der Waals surface area contributed by atoms with Crippen molar-refractivity contribution in [3.05, 3.63) is 35.3 Å². The molecule has 13 heavy (non-hydrogen) atoms. The number of pyridine rings is 1. The van der Waals surface area contributed by atoms with Gasteiger partial charge in [-0.15, -0.1) is 0 Å². The van der Waals surface area contributed by atoms with Gasteiger partial charge in [-0.1, -0.05) is 23.8 Å². The van der Waals surface area contributed by atoms with Gasteiger partial charge in [0.05, 0.1) is 5.02 Å². The Morgan fingerprint density at radius 3 is 3.00 bits per heavy atom. The Hall–Kier alpha value is -1.09. The van der Waals surface area contributed by atoms with Gasteiger partial charge < -0.3 is 5.32 Å². The van der Waals surface area contributed by atoms with Crippen LogP contribution in [0.25, 0.3) is 0 Å². The van der Waals surface area contributed by atoms with Gasteiger partial charge in [0.25, 0.3) is 0 Å². The van der Waals surface area contributed by atoms with E-state index in [9.17, 15) is 4.39 Å². The predicted octanol–water partition coefficient (Wildman–Crippen LogP) is 2.86. The molecule has 1 rings (SSSR count). The molecular weight excluding hydrogens is 191 g/mol. The first kappa shape index (κ1) is 9.99. The highest BCUT2D eigenvalue weighted by Gasteiger charge is 2.02. The van der Waals surface area contributed by atoms with E-state index in [1.165, 1.54) is 12.3 Å². The van der Waals surface area contributed by atoms with Crippen LogP contribution in [0.1, 0.15) is 6.92 Å². The SMILES string of the molecule is C=C(C)CNc1ncc(Cl)cc1F. The van der Waals surface area contributed by atoms with Gasteiger partial charge in [0.15, 0.2) is 11.6 Å². The number of hydrogen-bond acceptors (Lipinski definition) is 2. The molecule has 0 unspecified atom stereocenters. The molecule has 1 N–H and O–H groups in total. The van der Waals surface area contributed by atoms with Crippen molar-refractivity contribution in [2.24, 2.45) is 0 Å². The van der Waals surface area contributed by atoms with Crippen LogP contribution in [0.3, 0.4) is 0 Å². The van der Waals surface area contributed by atoms with E-state index in [0.29, 0.717) is 11.6 Å². The van der Waals surface area contributed by atoms with Crippen LogP contribution < -0.4 is 5.32 Å². The fourth-order valence-corrected chi connectivity index (χ4v) is 0.924. The minimum Gasteiger partial charge on any atom is -0.364 e. The van der Waals surface area contributed by atoms with Gasteiger partial charge in [0, 0.05) is 12.7 Å². The lowest BCUT2D eigenvalue weighted by molar-refractivity contribution is 0.625. The number of nitrogens with zero attached hydrogens (tertiary/aromatic N) is 1. The topological polar surface area (TPSA) is 24.9 Å². The average molecular weight is 201 g/mol. The van der Waals surface area contributed by atoms with Crippen molar-refractivity contribution in [1.82, 2.24) is 4.98 Å². The second kappa shape index (κ2) is 4.23. The Morgan fingerprint density at radius 1 is 1.77 bits per heavy atom. The Morgan fingerprint density at radius 2 is 2.46 bits per heavy atom. The summed E-state index contributed by atoms with van der Waals surface area (Å²) in [6.07, 6.45) is 1.39. The molecule has 0 amide bonds. The summed E-state index contributed by atoms with van der Waals surface area (Å²) in [5, 5.41) is 3.09. The molecule has 0 atom stereocenters. The van der Waals surface area contributed by atoms with Crippen LogP contribution in [0.4, 0.5) is 10.2 Å². The van der Waals surface area contributed by atoms with Crippen molar-refractivity contribution in [3.8, 4) is 0 Å². The summed E-state index contributed by atoms with van der Waals surface area (Å²) in [6, 6.07) is 1.22. The van der Waals surface area contributed by atoms with Crippen LogP contribution in [0.15, 0.2) is 24.4 Å². The van der Waals surface area contributed by atoms with Gasteiger partial charge in [-0.05, 0) is 13.0 Å². The Labute approximate surface area is 81.4 Å². The number of anilines is 1. The third-order valence-corrected chi connectivity index (χ3v) is 1.57. The van der Waals surface area contributed by atoms with Gasteiger partial charge in [0.2, 0.25) is 0 Å². The molecule has 0 spiro atoms. The monoisotopic (exact) mass is 200 g/mol. The summed E-state index contributed by atoms with van der Waals surface area (Å²) in [5.41, 5.74) is 0.913. The number of nitrogens with one attached hydrogen (secondary N) is 1. The number of hydrogen-bond donors (Lipinski definition) is 1. The van der Waals surface area contributed by atoms with E-state index >= 15 is 0 Å². The molecule has 70 valence electrons. The Bertz CT molecular complexity index is 325. The highest BCUT2D eigenvalue weighted by Crippen LogP contribution is 2.15. The molecule has 0 aliphatic heterocycles. The molecule has 0 radical (unpaired) electrons. The first-order valence-electron chi connectivity index (χ1n) is 3.79. The maximum absolute atomic E-state index is 13.1. The van der Waals surface area contributed by atoms with E-state index in [-0.39, 0.29) is 5.82 Å². The number of aromatic nitrogens is 1. The van der Waals surface area contributed by atoms with Crippen LogP contribution in [-0.2, 0) is 0 Å². The molecule has 0 saturated carbocycles. The van der Waals surface area contributed by atoms with E-state index < -0.39 is 5.82 Å². The normalized spacial score (nSPS) is 9.77. The number of rotatable bonds is 3. The molecule has 4 heteroatoms. The summed E-state index contributed by atoms with van der Waals surface area (Å²) < 4.78 is 13.1. The van der Waals surface area contributed by atoms with Crippen molar-refractivity contribution < 1.29 is 4.39 Å². The van der Waals surface area contributed by atoms with E-state index in [1.54, 1.807) is 0 Å². The molecule has 0 fully saturated rings. The van der Waals surface area contributed by atoms with Crippen LogP contribution in [0.5, 0.6) is 0 Å². The van der Waals surface area contributed by atoms with Crippen LogP contribution in [-0.4, -0.2) is 11.5 Å². The predicted molar refractivity (Wildman–Crippen MR) is 52.5 cm³/mol. The third-order valence-electron chi connectivity index (χ3n) is 1.37. The highest BCUT2D eigenvalue weighted by molar-refractivity contribution is 6.30. The summed E-state index contributed by atoms with van der Waals surface area (Å²) in [6.45, 7) is 6.03. The molecular formula is C9H10ClFN2. The molecule has 0 aliphatic rings. The lowest BCUT2D eigenvalue weighted by Gasteiger charge is -2.05. The molecule has 2 nitrogen and oxygen atoms in total. The van der Waals surface area contributed by atoms with Crippen LogP contribution >= 0.6 is 11.6 Å². The molecule has 0 aromatic carbocycles. The van der Waals surface area contributed by atoms with Gasteiger partial charge in [-0.25, -0.2) is 9.37 Å². The summed E-state index contributed by atoms with van der Waals surface area (Å²) in [5.74, 6) is -0.249. The van der Waals surface area contributed by atoms with Crippen molar-refractivity contribution in [3.63, 3.8) is 0 Å². The van der Waals surface area contributed by atoms with Crippen molar-refractivity contribution in [2.45, 2.75) is 6.92 Å². The smallest absolute Gasteiger partial charge is 0.166 e. The van der Waals surface area contributed by atoms with Crippen LogP contribution in [0.2, 0.25) is 5.02 Å². The fourth-order valence-electron chi connectivity index (χ4n) is 0.779. The maximum atomic E-state index is 13.1. The van der Waals surface area contributed by atoms with Gasteiger partial charge in [-0.3, -0.25) is 0 Å². The third kappa shape index (κ3) is 3.03. The molecule has 0 saturated heterocycles. The van der Waals surface area contributed by atoms with Crippen molar-refractivity contribution in [1.29, 1.82) is 0 Å². The zero-order valence-corrected chi connectivity index (χ0v) is 8.03. The summed E-state index contributed by atoms with van der Waals surface area (Å²) in [4.78, 5) is 3.79. The van der Waals surface area contributed by atoms with Crippen LogP contribution in [0, 0.1) is 5.82 Å². The molecule has 1 aromatic rings. The van der Waals surface area contributed by atoms with Gasteiger partial charge in [-0.2, -0.15) is 0 Å². The van der Waals surface area contributed by atoms with Crippen molar-refractivity contribution >= 4 is 17.4 Å². The first-order valence-corrected chi connectivity index (χ1v) is 4.16. The Kier molecular flexibility index (Phi) is 3.25. The van der Waals surface area contributed by atoms with E-state index in [2.05, 4.69) is 16.9 Å². The zero-order valence-electron chi connectivity index (χ0n) is 7.27. The molecule has 0 aliphatic carbocycles. The second-order valence-electron chi connectivity index (χ2n) is 2.79. The largest absolute Gasteiger partial charge is 0.364 e. The van der Waals surface area contributed by atoms with Crippen molar-refractivity contribution in [2.75, 3.05) is 11.9 Å². The first-order chi connectivity index (χ1) is 6.09. The lowest BCUT2D eigenvalue weighted by Crippen LogP contribution is -2.05. The minimum absolute atomic E-state index is 0.201. The highest BCUT2D eigenvalue weighted by atomic mass is 35.5. The average Bonchev–Trinajstić information content (AvgIpc) is 2.02. The van der Waals surface area contributed by atoms with E-state index in [0.717, 1.165) is 5.57 Å². The second-order valence-corrected chi connectivity index (χ2v) is 3.23. The summed E-state index contributed by atoms with van der Waals surface area (Å²) in [7, 11) is 0. The fraction of sp³-hybridized carbons (Fsp3) is 0.222. The summed E-state index contributed by atoms with van der Waals surface area (Å²) >= 11 is 5.53. The maximum Gasteiger partial charge on any atom is 0.166 e. The molecule has 1 aromatic heterocycles. The van der Waals surface area contributed by atoms with E-state index in [1.807, 2.05) is 6.92 Å². The Balaban J connectivity index is 2.72. The number of halogens is 2. The standard InChI is InChI=1S/C9H10ClFN2/c1-6(2)4-12-9-8(11)3-7(10)5-13-9/h3,5H,1,4H2,2H3,(H,12,13).